The van der Waals surface area contributed by atoms with Crippen LogP contribution in [0.5, 0.6) is 0 Å². The highest BCUT2D eigenvalue weighted by Crippen LogP contribution is 2.18. The molecular weight excluding hydrogens is 266 g/mol. The van der Waals surface area contributed by atoms with Crippen molar-refractivity contribution in [2.45, 2.75) is 12.8 Å². The fraction of sp³-hybridized carbons (Fsp3) is 0.250. The number of nitrogens with zero attached hydrogens (tertiary/aromatic N) is 2. The van der Waals surface area contributed by atoms with Gasteiger partial charge in [-0.1, -0.05) is 28.9 Å². The van der Waals surface area contributed by atoms with Crippen LogP contribution < -0.4 is 5.73 Å². The highest BCUT2D eigenvalue weighted by Gasteiger charge is 2.06. The molecule has 84 valence electrons. The van der Waals surface area contributed by atoms with Crippen LogP contribution in [0, 0.1) is 0 Å². The molecule has 2 N–H and O–H groups in total. The minimum atomic E-state index is 0.348. The van der Waals surface area contributed by atoms with Crippen molar-refractivity contribution in [3.63, 3.8) is 0 Å². The molecule has 16 heavy (non-hydrogen) atoms. The van der Waals surface area contributed by atoms with Crippen LogP contribution in [0.1, 0.15) is 18.4 Å². The summed E-state index contributed by atoms with van der Waals surface area (Å²) in [6.45, 7) is 2.74. The summed E-state index contributed by atoms with van der Waals surface area (Å²) in [5, 5.41) is 4.34. The van der Waals surface area contributed by atoms with Crippen LogP contribution in [0.15, 0.2) is 41.1 Å². The van der Waals surface area contributed by atoms with Crippen molar-refractivity contribution in [1.82, 2.24) is 9.78 Å². The van der Waals surface area contributed by atoms with Crippen LogP contribution in [0.4, 0.5) is 0 Å². The Morgan fingerprint density at radius 2 is 2.31 bits per heavy atom. The minimum absolute atomic E-state index is 0.348. The normalized spacial score (nSPS) is 12.7. The third-order valence-corrected chi connectivity index (χ3v) is 3.09. The van der Waals surface area contributed by atoms with Gasteiger partial charge in [0.25, 0.3) is 0 Å². The average Bonchev–Trinajstić information content (AvgIpc) is 2.77. The number of aromatic nitrogens is 2. The smallest absolute Gasteiger partial charge is 0.0656 e. The van der Waals surface area contributed by atoms with Gasteiger partial charge in [0.1, 0.15) is 0 Å². The highest BCUT2D eigenvalue weighted by molar-refractivity contribution is 9.10. The monoisotopic (exact) mass is 279 g/mol. The van der Waals surface area contributed by atoms with Crippen molar-refractivity contribution in [1.29, 1.82) is 0 Å². The quantitative estimate of drug-likeness (QED) is 0.939. The van der Waals surface area contributed by atoms with Crippen LogP contribution in [0.25, 0.3) is 5.69 Å². The molecule has 1 aromatic carbocycles. The van der Waals surface area contributed by atoms with Crippen molar-refractivity contribution in [3.8, 4) is 5.69 Å². The zero-order valence-corrected chi connectivity index (χ0v) is 10.7. The molecule has 1 unspecified atom stereocenters. The topological polar surface area (TPSA) is 43.8 Å². The van der Waals surface area contributed by atoms with Crippen LogP contribution >= 0.6 is 15.9 Å². The lowest BCUT2D eigenvalue weighted by atomic mass is 10.1. The molecule has 0 amide bonds. The summed E-state index contributed by atoms with van der Waals surface area (Å²) in [5.41, 5.74) is 7.85. The van der Waals surface area contributed by atoms with Gasteiger partial charge < -0.3 is 5.73 Å². The first-order valence-corrected chi connectivity index (χ1v) is 6.00. The predicted octanol–water partition coefficient (Wildman–Crippen LogP) is 2.70. The predicted molar refractivity (Wildman–Crippen MR) is 68.7 cm³/mol. The van der Waals surface area contributed by atoms with E-state index in [1.54, 1.807) is 0 Å². The first-order chi connectivity index (χ1) is 7.70. The summed E-state index contributed by atoms with van der Waals surface area (Å²) in [7, 11) is 0. The van der Waals surface area contributed by atoms with Crippen molar-refractivity contribution in [2.75, 3.05) is 6.54 Å². The number of halogens is 1. The fourth-order valence-electron chi connectivity index (χ4n) is 1.49. The molecule has 0 saturated heterocycles. The van der Waals surface area contributed by atoms with Gasteiger partial charge in [0.2, 0.25) is 0 Å². The summed E-state index contributed by atoms with van der Waals surface area (Å²) in [4.78, 5) is 0. The maximum absolute atomic E-state index is 5.63. The van der Waals surface area contributed by atoms with Crippen molar-refractivity contribution in [2.24, 2.45) is 5.73 Å². The lowest BCUT2D eigenvalue weighted by Crippen LogP contribution is -2.07. The zero-order valence-electron chi connectivity index (χ0n) is 9.10. The van der Waals surface area contributed by atoms with E-state index in [9.17, 15) is 0 Å². The molecule has 1 heterocycles. The Hall–Kier alpha value is -1.13. The van der Waals surface area contributed by atoms with Crippen molar-refractivity contribution in [3.05, 3.63) is 46.7 Å². The van der Waals surface area contributed by atoms with Crippen molar-refractivity contribution >= 4 is 15.9 Å². The highest BCUT2D eigenvalue weighted by atomic mass is 79.9. The van der Waals surface area contributed by atoms with E-state index in [1.807, 2.05) is 41.3 Å². The summed E-state index contributed by atoms with van der Waals surface area (Å²) in [5.74, 6) is 0.348. The van der Waals surface area contributed by atoms with E-state index in [4.69, 9.17) is 5.73 Å². The van der Waals surface area contributed by atoms with Gasteiger partial charge in [0.05, 0.1) is 11.9 Å². The zero-order chi connectivity index (χ0) is 11.5. The van der Waals surface area contributed by atoms with Gasteiger partial charge in [0, 0.05) is 10.7 Å². The average molecular weight is 280 g/mol. The Labute approximate surface area is 103 Å². The molecule has 4 heteroatoms. The van der Waals surface area contributed by atoms with Crippen LogP contribution in [-0.2, 0) is 0 Å². The lowest BCUT2D eigenvalue weighted by molar-refractivity contribution is 0.773. The summed E-state index contributed by atoms with van der Waals surface area (Å²) < 4.78 is 2.92. The minimum Gasteiger partial charge on any atom is -0.330 e. The number of nitrogens with two attached hydrogens (primary N) is 1. The Kier molecular flexibility index (Phi) is 3.41. The second kappa shape index (κ2) is 4.80. The second-order valence-corrected chi connectivity index (χ2v) is 4.75. The van der Waals surface area contributed by atoms with Gasteiger partial charge in [-0.25, -0.2) is 4.68 Å². The number of benzene rings is 1. The molecule has 2 aromatic rings. The van der Waals surface area contributed by atoms with E-state index in [-0.39, 0.29) is 0 Å². The third kappa shape index (κ3) is 2.33. The fourth-order valence-corrected chi connectivity index (χ4v) is 1.87. The molecule has 0 aliphatic heterocycles. The molecule has 1 atom stereocenters. The van der Waals surface area contributed by atoms with Crippen LogP contribution in [0.2, 0.25) is 0 Å². The Balaban J connectivity index is 2.31. The van der Waals surface area contributed by atoms with Crippen LogP contribution in [0.3, 0.4) is 0 Å². The van der Waals surface area contributed by atoms with Gasteiger partial charge in [-0.3, -0.25) is 0 Å². The molecule has 0 aliphatic rings. The molecule has 0 saturated carbocycles. The van der Waals surface area contributed by atoms with E-state index < -0.39 is 0 Å². The molecule has 0 fully saturated rings. The molecule has 1 aromatic heterocycles. The maximum Gasteiger partial charge on any atom is 0.0656 e. The SMILES string of the molecule is CC(CN)c1cnn(-c2cccc(Br)c2)c1. The summed E-state index contributed by atoms with van der Waals surface area (Å²) >= 11 is 3.45. The van der Waals surface area contributed by atoms with Gasteiger partial charge in [0.15, 0.2) is 0 Å². The Morgan fingerprint density at radius 1 is 1.50 bits per heavy atom. The largest absolute Gasteiger partial charge is 0.330 e. The standard InChI is InChI=1S/C12H14BrN3/c1-9(6-14)10-7-15-16(8-10)12-4-2-3-11(13)5-12/h2-5,7-9H,6,14H2,1H3. The third-order valence-electron chi connectivity index (χ3n) is 2.60. The molecule has 0 aliphatic carbocycles. The summed E-state index contributed by atoms with van der Waals surface area (Å²) in [6.07, 6.45) is 3.90. The molecular formula is C12H14BrN3. The van der Waals surface area contributed by atoms with E-state index in [0.29, 0.717) is 12.5 Å². The number of rotatable bonds is 3. The molecule has 2 rings (SSSR count). The first kappa shape index (κ1) is 11.4. The van der Waals surface area contributed by atoms with Crippen molar-refractivity contribution < 1.29 is 0 Å². The molecule has 0 bridgehead atoms. The number of hydrogen-bond acceptors (Lipinski definition) is 2. The summed E-state index contributed by atoms with van der Waals surface area (Å²) in [6, 6.07) is 8.04. The Bertz CT molecular complexity index is 479. The van der Waals surface area contributed by atoms with Crippen LogP contribution in [-0.4, -0.2) is 16.3 Å². The Morgan fingerprint density at radius 3 is 3.00 bits per heavy atom. The molecule has 0 radical (unpaired) electrons. The van der Waals surface area contributed by atoms with Gasteiger partial charge in [-0.2, -0.15) is 5.10 Å². The molecule has 0 spiro atoms. The first-order valence-electron chi connectivity index (χ1n) is 5.21. The van der Waals surface area contributed by atoms with Gasteiger partial charge in [-0.05, 0) is 36.2 Å². The maximum atomic E-state index is 5.63. The lowest BCUT2D eigenvalue weighted by Gasteiger charge is -2.04. The van der Waals surface area contributed by atoms with E-state index in [2.05, 4.69) is 28.0 Å². The van der Waals surface area contributed by atoms with E-state index >= 15 is 0 Å². The van der Waals surface area contributed by atoms with Gasteiger partial charge in [-0.15, -0.1) is 0 Å². The second-order valence-electron chi connectivity index (χ2n) is 3.83. The number of hydrogen-bond donors (Lipinski definition) is 1. The van der Waals surface area contributed by atoms with E-state index in [1.165, 1.54) is 5.56 Å². The van der Waals surface area contributed by atoms with E-state index in [0.717, 1.165) is 10.2 Å². The molecule has 3 nitrogen and oxygen atoms in total. The van der Waals surface area contributed by atoms with Gasteiger partial charge >= 0.3 is 0 Å².